The van der Waals surface area contributed by atoms with Gasteiger partial charge in [0.05, 0.1) is 37.6 Å². The molecule has 7 rings (SSSR count). The normalized spacial score (nSPS) is 20.3. The molecule has 2 fully saturated rings. The van der Waals surface area contributed by atoms with Gasteiger partial charge >= 0.3 is 5.69 Å². The molecule has 2 aliphatic rings. The molecule has 274 valence electrons. The lowest BCUT2D eigenvalue weighted by molar-refractivity contribution is -0.0206. The average Bonchev–Trinajstić information content (AvgIpc) is 3.91. The molecule has 0 spiro atoms. The Morgan fingerprint density at radius 2 is 1.62 bits per heavy atom. The second-order valence-electron chi connectivity index (χ2n) is 13.7. The van der Waals surface area contributed by atoms with Crippen LogP contribution in [-0.4, -0.2) is 79.7 Å². The Morgan fingerprint density at radius 1 is 0.942 bits per heavy atom. The quantitative estimate of drug-likeness (QED) is 0.181. The van der Waals surface area contributed by atoms with Gasteiger partial charge in [-0.2, -0.15) is 10.2 Å². The van der Waals surface area contributed by atoms with Gasteiger partial charge in [0, 0.05) is 55.1 Å². The molecule has 12 nitrogen and oxygen atoms in total. The fourth-order valence-electron chi connectivity index (χ4n) is 7.39. The minimum Gasteiger partial charge on any atom is -0.493 e. The highest BCUT2D eigenvalue weighted by atomic mass is 19.1. The molecule has 4 atom stereocenters. The molecule has 0 bridgehead atoms. The van der Waals surface area contributed by atoms with Crippen LogP contribution < -0.4 is 20.2 Å². The maximum Gasteiger partial charge on any atom is 0.350 e. The molecule has 0 amide bonds. The number of aliphatic hydroxyl groups excluding tert-OH is 1. The predicted molar refractivity (Wildman–Crippen MR) is 192 cm³/mol. The maximum atomic E-state index is 15.0. The van der Waals surface area contributed by atoms with Gasteiger partial charge in [0.25, 0.3) is 0 Å². The van der Waals surface area contributed by atoms with Crippen LogP contribution in [0.3, 0.4) is 0 Å². The molecule has 0 radical (unpaired) electrons. The van der Waals surface area contributed by atoms with Crippen molar-refractivity contribution in [2.24, 2.45) is 5.92 Å². The highest BCUT2D eigenvalue weighted by Crippen LogP contribution is 2.42. The third-order valence-corrected chi connectivity index (χ3v) is 10.1. The van der Waals surface area contributed by atoms with Gasteiger partial charge in [0.2, 0.25) is 0 Å². The van der Waals surface area contributed by atoms with E-state index in [1.54, 1.807) is 17.9 Å². The molecule has 0 saturated carbocycles. The molecule has 2 aromatic heterocycles. The number of benzene rings is 3. The van der Waals surface area contributed by atoms with Gasteiger partial charge < -0.3 is 24.4 Å². The van der Waals surface area contributed by atoms with E-state index in [4.69, 9.17) is 9.47 Å². The van der Waals surface area contributed by atoms with Crippen LogP contribution in [0.5, 0.6) is 5.75 Å². The number of rotatable bonds is 13. The maximum absolute atomic E-state index is 15.0. The van der Waals surface area contributed by atoms with Crippen molar-refractivity contribution in [1.29, 1.82) is 0 Å². The molecule has 2 saturated heterocycles. The van der Waals surface area contributed by atoms with E-state index >= 15 is 0 Å². The topological polar surface area (TPSA) is 116 Å². The number of hydrogen-bond acceptors (Lipinski definition) is 9. The lowest BCUT2D eigenvalue weighted by atomic mass is 9.87. The van der Waals surface area contributed by atoms with Crippen LogP contribution >= 0.6 is 0 Å². The van der Waals surface area contributed by atoms with E-state index in [9.17, 15) is 18.7 Å². The molecule has 0 unspecified atom stereocenters. The van der Waals surface area contributed by atoms with E-state index in [-0.39, 0.29) is 24.2 Å². The van der Waals surface area contributed by atoms with Crippen molar-refractivity contribution in [3.63, 3.8) is 0 Å². The fourth-order valence-corrected chi connectivity index (χ4v) is 7.39. The van der Waals surface area contributed by atoms with E-state index in [1.807, 2.05) is 43.3 Å². The van der Waals surface area contributed by atoms with Crippen molar-refractivity contribution in [3.8, 4) is 11.4 Å². The summed E-state index contributed by atoms with van der Waals surface area (Å²) in [6, 6.07) is 19.2. The summed E-state index contributed by atoms with van der Waals surface area (Å²) in [6.07, 6.45) is 5.82. The van der Waals surface area contributed by atoms with Gasteiger partial charge in [-0.05, 0) is 74.4 Å². The van der Waals surface area contributed by atoms with E-state index in [0.29, 0.717) is 31.6 Å². The van der Waals surface area contributed by atoms with Crippen molar-refractivity contribution in [1.82, 2.24) is 29.1 Å². The average molecular weight is 715 g/mol. The van der Waals surface area contributed by atoms with E-state index in [2.05, 4.69) is 37.1 Å². The third kappa shape index (κ3) is 7.44. The minimum absolute atomic E-state index is 0.0123. The van der Waals surface area contributed by atoms with Crippen LogP contribution in [0, 0.1) is 17.6 Å². The summed E-state index contributed by atoms with van der Waals surface area (Å²) < 4.78 is 45.6. The summed E-state index contributed by atoms with van der Waals surface area (Å²) in [7, 11) is 0. The number of aromatic nitrogens is 6. The second-order valence-corrected chi connectivity index (χ2v) is 13.7. The summed E-state index contributed by atoms with van der Waals surface area (Å²) in [4.78, 5) is 21.8. The number of piperazine rings is 1. The Hall–Kier alpha value is -5.08. The van der Waals surface area contributed by atoms with E-state index in [0.717, 1.165) is 61.5 Å². The van der Waals surface area contributed by atoms with Crippen LogP contribution in [-0.2, 0) is 16.9 Å². The first-order chi connectivity index (χ1) is 25.2. The lowest BCUT2D eigenvalue weighted by Gasteiger charge is -2.37. The van der Waals surface area contributed by atoms with Gasteiger partial charge in [-0.15, -0.1) is 0 Å². The standard InChI is InChI=1S/C38H44F2N8O4/c1-3-4-36(27(2)49)48-37(50)47(26-43-48)32-8-6-30(7-9-32)44-15-17-45(18-16-44)31-10-12-33(13-11-31)51-21-28-20-38(52-22-28,23-46-25-41-24-42-46)34-14-5-29(39)19-35(34)40/h5-14,19,24-28,36,49H,3-4,15-18,20-23H2,1-2H3/t27-,28+,36-,38-/m0/s1. The van der Waals surface area contributed by atoms with Gasteiger partial charge in [-0.25, -0.2) is 32.5 Å². The highest BCUT2D eigenvalue weighted by molar-refractivity contribution is 5.54. The molecule has 2 aliphatic heterocycles. The van der Waals surface area contributed by atoms with Crippen molar-refractivity contribution in [2.45, 2.75) is 57.4 Å². The zero-order valence-electron chi connectivity index (χ0n) is 29.4. The van der Waals surface area contributed by atoms with Crippen LogP contribution in [0.25, 0.3) is 5.69 Å². The zero-order chi connectivity index (χ0) is 36.2. The molecular formula is C38H44F2N8O4. The summed E-state index contributed by atoms with van der Waals surface area (Å²) in [5.41, 5.74) is 1.95. The molecule has 52 heavy (non-hydrogen) atoms. The number of ether oxygens (including phenoxy) is 2. The Balaban J connectivity index is 0.922. The van der Waals surface area contributed by atoms with Crippen molar-refractivity contribution >= 4 is 11.4 Å². The molecular weight excluding hydrogens is 670 g/mol. The second kappa shape index (κ2) is 15.3. The van der Waals surface area contributed by atoms with Crippen LogP contribution in [0.4, 0.5) is 20.2 Å². The lowest BCUT2D eigenvalue weighted by Crippen LogP contribution is -2.46. The van der Waals surface area contributed by atoms with Crippen molar-refractivity contribution in [3.05, 3.63) is 113 Å². The molecule has 1 N–H and O–H groups in total. The summed E-state index contributed by atoms with van der Waals surface area (Å²) in [6.45, 7) is 8.09. The largest absolute Gasteiger partial charge is 0.493 e. The smallest absolute Gasteiger partial charge is 0.350 e. The predicted octanol–water partition coefficient (Wildman–Crippen LogP) is 4.96. The SMILES string of the molecule is CCC[C@@H]([C@H](C)O)n1ncn(-c2ccc(N3CCN(c4ccc(OC[C@@H]5CO[C@@](Cn6cncn6)(c6ccc(F)cc6F)C5)cc4)CC3)cc2)c1=O. The third-order valence-electron chi connectivity index (χ3n) is 10.1. The first kappa shape index (κ1) is 35.3. The Kier molecular flexibility index (Phi) is 10.4. The molecule has 3 aromatic carbocycles. The Bertz CT molecular complexity index is 1980. The molecule has 4 heterocycles. The minimum atomic E-state index is -1.02. The fraction of sp³-hybridized carbons (Fsp3) is 0.421. The van der Waals surface area contributed by atoms with Crippen molar-refractivity contribution < 1.29 is 23.4 Å². The molecule has 0 aliphatic carbocycles. The number of anilines is 2. The van der Waals surface area contributed by atoms with E-state index in [1.165, 1.54) is 34.0 Å². The summed E-state index contributed by atoms with van der Waals surface area (Å²) in [5, 5.41) is 18.7. The van der Waals surface area contributed by atoms with Crippen molar-refractivity contribution in [2.75, 3.05) is 49.2 Å². The van der Waals surface area contributed by atoms with Gasteiger partial charge in [0.1, 0.15) is 42.0 Å². The monoisotopic (exact) mass is 714 g/mol. The van der Waals surface area contributed by atoms with Gasteiger partial charge in [0.15, 0.2) is 0 Å². The number of aliphatic hydroxyl groups is 1. The first-order valence-corrected chi connectivity index (χ1v) is 17.8. The number of nitrogens with zero attached hydrogens (tertiary/aromatic N) is 8. The number of halogens is 2. The van der Waals surface area contributed by atoms with Crippen LogP contribution in [0.1, 0.15) is 44.7 Å². The first-order valence-electron chi connectivity index (χ1n) is 17.8. The van der Waals surface area contributed by atoms with Crippen LogP contribution in [0.2, 0.25) is 0 Å². The van der Waals surface area contributed by atoms with Crippen LogP contribution in [0.15, 0.2) is 90.5 Å². The summed E-state index contributed by atoms with van der Waals surface area (Å²) in [5.74, 6) is -0.562. The zero-order valence-corrected chi connectivity index (χ0v) is 29.4. The molecule has 14 heteroatoms. The van der Waals surface area contributed by atoms with Gasteiger partial charge in [-0.3, -0.25) is 0 Å². The Morgan fingerprint density at radius 3 is 2.23 bits per heavy atom. The summed E-state index contributed by atoms with van der Waals surface area (Å²) >= 11 is 0. The highest BCUT2D eigenvalue weighted by Gasteiger charge is 2.44. The Labute approximate surface area is 300 Å². The van der Waals surface area contributed by atoms with Gasteiger partial charge in [-0.1, -0.05) is 19.4 Å². The number of hydrogen-bond donors (Lipinski definition) is 1. The van der Waals surface area contributed by atoms with E-state index < -0.39 is 23.3 Å². The molecule has 5 aromatic rings.